The fourth-order valence-corrected chi connectivity index (χ4v) is 2.47. The van der Waals surface area contributed by atoms with Crippen LogP contribution in [0.4, 0.5) is 0 Å². The SMILES string of the molecule is Cc1nc2ccc(C(=O)OCc3cccc(OCC(N)=O)c3)cc2nc1C. The van der Waals surface area contributed by atoms with E-state index in [1.165, 1.54) is 0 Å². The molecule has 1 heterocycles. The zero-order valence-corrected chi connectivity index (χ0v) is 15.1. The number of hydrogen-bond donors (Lipinski definition) is 1. The third kappa shape index (κ3) is 4.58. The molecule has 0 fully saturated rings. The average molecular weight is 365 g/mol. The Labute approximate surface area is 156 Å². The first kappa shape index (κ1) is 18.3. The van der Waals surface area contributed by atoms with Crippen molar-refractivity contribution in [3.8, 4) is 5.75 Å². The maximum absolute atomic E-state index is 12.4. The molecular formula is C20H19N3O4. The third-order valence-corrected chi connectivity index (χ3v) is 3.96. The molecule has 0 atom stereocenters. The normalized spacial score (nSPS) is 10.6. The van der Waals surface area contributed by atoms with E-state index in [0.29, 0.717) is 16.8 Å². The van der Waals surface area contributed by atoms with Gasteiger partial charge in [-0.3, -0.25) is 4.79 Å². The van der Waals surface area contributed by atoms with E-state index in [1.54, 1.807) is 42.5 Å². The van der Waals surface area contributed by atoms with E-state index in [9.17, 15) is 9.59 Å². The van der Waals surface area contributed by atoms with Crippen LogP contribution >= 0.6 is 0 Å². The minimum Gasteiger partial charge on any atom is -0.484 e. The molecule has 7 heteroatoms. The first-order chi connectivity index (χ1) is 12.9. The fraction of sp³-hybridized carbons (Fsp3) is 0.200. The lowest BCUT2D eigenvalue weighted by molar-refractivity contribution is -0.119. The molecule has 2 aromatic carbocycles. The Morgan fingerprint density at radius 2 is 1.74 bits per heavy atom. The Morgan fingerprint density at radius 3 is 2.48 bits per heavy atom. The molecule has 0 spiro atoms. The summed E-state index contributed by atoms with van der Waals surface area (Å²) in [4.78, 5) is 32.0. The van der Waals surface area contributed by atoms with Crippen LogP contribution in [0.1, 0.15) is 27.3 Å². The van der Waals surface area contributed by atoms with Crippen LogP contribution in [-0.4, -0.2) is 28.5 Å². The predicted molar refractivity (Wildman–Crippen MR) is 99.3 cm³/mol. The number of carbonyl (C=O) groups is 2. The number of fused-ring (bicyclic) bond motifs is 1. The predicted octanol–water partition coefficient (Wildman–Crippen LogP) is 2.47. The van der Waals surface area contributed by atoms with E-state index >= 15 is 0 Å². The van der Waals surface area contributed by atoms with E-state index in [2.05, 4.69) is 9.97 Å². The highest BCUT2D eigenvalue weighted by molar-refractivity contribution is 5.93. The molecule has 138 valence electrons. The summed E-state index contributed by atoms with van der Waals surface area (Å²) in [6.07, 6.45) is 0. The van der Waals surface area contributed by atoms with Crippen LogP contribution in [0.25, 0.3) is 11.0 Å². The number of amides is 1. The average Bonchev–Trinajstić information content (AvgIpc) is 2.65. The van der Waals surface area contributed by atoms with Crippen molar-refractivity contribution in [3.05, 3.63) is 65.0 Å². The van der Waals surface area contributed by atoms with Crippen LogP contribution in [0.15, 0.2) is 42.5 Å². The van der Waals surface area contributed by atoms with Crippen molar-refractivity contribution < 1.29 is 19.1 Å². The summed E-state index contributed by atoms with van der Waals surface area (Å²) in [6.45, 7) is 3.63. The van der Waals surface area contributed by atoms with Crippen molar-refractivity contribution in [1.82, 2.24) is 9.97 Å². The molecule has 27 heavy (non-hydrogen) atoms. The van der Waals surface area contributed by atoms with Crippen molar-refractivity contribution >= 4 is 22.9 Å². The molecule has 2 N–H and O–H groups in total. The number of primary amides is 1. The third-order valence-electron chi connectivity index (χ3n) is 3.96. The van der Waals surface area contributed by atoms with Gasteiger partial charge < -0.3 is 15.2 Å². The van der Waals surface area contributed by atoms with Gasteiger partial charge in [0.1, 0.15) is 12.4 Å². The molecule has 0 unspecified atom stereocenters. The van der Waals surface area contributed by atoms with Crippen LogP contribution in [0.3, 0.4) is 0 Å². The highest BCUT2D eigenvalue weighted by Gasteiger charge is 2.11. The molecule has 7 nitrogen and oxygen atoms in total. The van der Waals surface area contributed by atoms with Gasteiger partial charge in [-0.1, -0.05) is 12.1 Å². The molecule has 0 aliphatic rings. The number of nitrogens with zero attached hydrogens (tertiary/aromatic N) is 2. The highest BCUT2D eigenvalue weighted by Crippen LogP contribution is 2.17. The van der Waals surface area contributed by atoms with E-state index in [0.717, 1.165) is 22.5 Å². The van der Waals surface area contributed by atoms with Gasteiger partial charge in [0.25, 0.3) is 5.91 Å². The monoisotopic (exact) mass is 365 g/mol. The molecule has 0 aliphatic carbocycles. The van der Waals surface area contributed by atoms with Gasteiger partial charge in [-0.15, -0.1) is 0 Å². The Bertz CT molecular complexity index is 1020. The number of ether oxygens (including phenoxy) is 2. The second kappa shape index (κ2) is 7.82. The lowest BCUT2D eigenvalue weighted by Gasteiger charge is -2.08. The molecule has 1 amide bonds. The first-order valence-corrected chi connectivity index (χ1v) is 8.34. The summed E-state index contributed by atoms with van der Waals surface area (Å²) in [5, 5.41) is 0. The number of aryl methyl sites for hydroxylation is 2. The summed E-state index contributed by atoms with van der Waals surface area (Å²) in [7, 11) is 0. The number of aromatic nitrogens is 2. The number of hydrogen-bond acceptors (Lipinski definition) is 6. The number of carbonyl (C=O) groups excluding carboxylic acids is 2. The van der Waals surface area contributed by atoms with Crippen molar-refractivity contribution in [2.45, 2.75) is 20.5 Å². The van der Waals surface area contributed by atoms with Crippen LogP contribution in [-0.2, 0) is 16.1 Å². The van der Waals surface area contributed by atoms with Crippen LogP contribution in [0, 0.1) is 13.8 Å². The van der Waals surface area contributed by atoms with Gasteiger partial charge in [0.15, 0.2) is 6.61 Å². The van der Waals surface area contributed by atoms with Gasteiger partial charge >= 0.3 is 5.97 Å². The zero-order valence-electron chi connectivity index (χ0n) is 15.1. The Kier molecular flexibility index (Phi) is 5.30. The minimum atomic E-state index is -0.559. The van der Waals surface area contributed by atoms with Gasteiger partial charge in [-0.25, -0.2) is 14.8 Å². The van der Waals surface area contributed by atoms with Crippen LogP contribution in [0.5, 0.6) is 5.75 Å². The Morgan fingerprint density at radius 1 is 1.00 bits per heavy atom. The summed E-state index contributed by atoms with van der Waals surface area (Å²) in [5.74, 6) is -0.536. The Balaban J connectivity index is 1.69. The number of benzene rings is 2. The maximum Gasteiger partial charge on any atom is 0.338 e. The molecule has 0 saturated carbocycles. The standard InChI is InChI=1S/C20H19N3O4/c1-12-13(2)23-18-9-15(6-7-17(18)22-12)20(25)27-10-14-4-3-5-16(8-14)26-11-19(21)24/h3-9H,10-11H2,1-2H3,(H2,21,24). The minimum absolute atomic E-state index is 0.0727. The molecule has 3 aromatic rings. The van der Waals surface area contributed by atoms with Crippen molar-refractivity contribution in [2.24, 2.45) is 5.73 Å². The van der Waals surface area contributed by atoms with Crippen molar-refractivity contribution in [1.29, 1.82) is 0 Å². The largest absolute Gasteiger partial charge is 0.484 e. The number of esters is 1. The maximum atomic E-state index is 12.4. The molecule has 3 rings (SSSR count). The zero-order chi connectivity index (χ0) is 19.4. The van der Waals surface area contributed by atoms with Gasteiger partial charge in [0.2, 0.25) is 0 Å². The second-order valence-electron chi connectivity index (χ2n) is 6.08. The fourth-order valence-electron chi connectivity index (χ4n) is 2.47. The lowest BCUT2D eigenvalue weighted by atomic mass is 10.2. The van der Waals surface area contributed by atoms with E-state index in [4.69, 9.17) is 15.2 Å². The van der Waals surface area contributed by atoms with Gasteiger partial charge in [-0.05, 0) is 49.7 Å². The van der Waals surface area contributed by atoms with E-state index in [1.807, 2.05) is 13.8 Å². The second-order valence-corrected chi connectivity index (χ2v) is 6.08. The Hall–Kier alpha value is -3.48. The van der Waals surface area contributed by atoms with Crippen molar-refractivity contribution in [3.63, 3.8) is 0 Å². The molecule has 0 radical (unpaired) electrons. The number of rotatable bonds is 6. The van der Waals surface area contributed by atoms with E-state index in [-0.39, 0.29) is 13.2 Å². The molecule has 1 aromatic heterocycles. The highest BCUT2D eigenvalue weighted by atomic mass is 16.5. The quantitative estimate of drug-likeness (QED) is 0.673. The van der Waals surface area contributed by atoms with Gasteiger partial charge in [0.05, 0.1) is 28.0 Å². The summed E-state index contributed by atoms with van der Waals surface area (Å²) >= 11 is 0. The van der Waals surface area contributed by atoms with Crippen LogP contribution < -0.4 is 10.5 Å². The van der Waals surface area contributed by atoms with E-state index < -0.39 is 11.9 Å². The molecule has 0 bridgehead atoms. The summed E-state index contributed by atoms with van der Waals surface area (Å²) in [6, 6.07) is 12.0. The topological polar surface area (TPSA) is 104 Å². The summed E-state index contributed by atoms with van der Waals surface area (Å²) in [5.41, 5.74) is 9.25. The molecule has 0 saturated heterocycles. The van der Waals surface area contributed by atoms with Gasteiger partial charge in [0, 0.05) is 0 Å². The molecular weight excluding hydrogens is 346 g/mol. The smallest absolute Gasteiger partial charge is 0.338 e. The lowest BCUT2D eigenvalue weighted by Crippen LogP contribution is -2.20. The summed E-state index contributed by atoms with van der Waals surface area (Å²) < 4.78 is 10.6. The van der Waals surface area contributed by atoms with Gasteiger partial charge in [-0.2, -0.15) is 0 Å². The van der Waals surface area contributed by atoms with Crippen molar-refractivity contribution in [2.75, 3.05) is 6.61 Å². The molecule has 0 aliphatic heterocycles. The number of nitrogens with two attached hydrogens (primary N) is 1. The van der Waals surface area contributed by atoms with Crippen LogP contribution in [0.2, 0.25) is 0 Å². The first-order valence-electron chi connectivity index (χ1n) is 8.34.